The Morgan fingerprint density at radius 1 is 1.55 bits per heavy atom. The maximum Gasteiger partial charge on any atom is 0.328 e. The molecule has 1 saturated heterocycles. The molecule has 112 valence electrons. The van der Waals surface area contributed by atoms with Gasteiger partial charge in [0.2, 0.25) is 0 Å². The highest BCUT2D eigenvalue weighted by molar-refractivity contribution is 5.03. The maximum absolute atomic E-state index is 11.7. The average molecular weight is 281 g/mol. The molecular weight excluding hydrogens is 258 g/mol. The zero-order valence-electron chi connectivity index (χ0n) is 12.1. The lowest BCUT2D eigenvalue weighted by atomic mass is 10.1. The lowest BCUT2D eigenvalue weighted by Crippen LogP contribution is -2.40. The summed E-state index contributed by atoms with van der Waals surface area (Å²) in [7, 11) is 0. The Morgan fingerprint density at radius 3 is 3.00 bits per heavy atom. The number of nitrogens with zero attached hydrogens (tertiary/aromatic N) is 1. The molecule has 1 aliphatic heterocycles. The van der Waals surface area contributed by atoms with Crippen LogP contribution in [0.1, 0.15) is 32.3 Å². The summed E-state index contributed by atoms with van der Waals surface area (Å²) in [4.78, 5) is 25.5. The summed E-state index contributed by atoms with van der Waals surface area (Å²) in [6.45, 7) is 6.06. The van der Waals surface area contributed by atoms with Crippen LogP contribution >= 0.6 is 0 Å². The lowest BCUT2D eigenvalue weighted by molar-refractivity contribution is 0.0835. The molecule has 1 aliphatic rings. The number of hydrogen-bond acceptors (Lipinski definition) is 4. The fraction of sp³-hybridized carbons (Fsp3) is 0.714. The molecule has 0 spiro atoms. The van der Waals surface area contributed by atoms with Gasteiger partial charge in [0.1, 0.15) is 0 Å². The van der Waals surface area contributed by atoms with Crippen LogP contribution in [-0.4, -0.2) is 34.8 Å². The molecule has 1 aromatic rings. The highest BCUT2D eigenvalue weighted by atomic mass is 16.5. The molecule has 6 heteroatoms. The van der Waals surface area contributed by atoms with E-state index in [1.807, 2.05) is 6.92 Å². The van der Waals surface area contributed by atoms with E-state index in [1.165, 1.54) is 0 Å². The first-order valence-corrected chi connectivity index (χ1v) is 7.29. The molecule has 1 fully saturated rings. The number of hydrogen-bond donors (Lipinski definition) is 2. The van der Waals surface area contributed by atoms with Gasteiger partial charge in [-0.3, -0.25) is 14.3 Å². The summed E-state index contributed by atoms with van der Waals surface area (Å²) in [6.07, 6.45) is 4.76. The predicted molar refractivity (Wildman–Crippen MR) is 77.1 cm³/mol. The Balaban J connectivity index is 1.90. The van der Waals surface area contributed by atoms with Crippen molar-refractivity contribution < 1.29 is 4.74 Å². The van der Waals surface area contributed by atoms with Crippen LogP contribution in [0.4, 0.5) is 0 Å². The van der Waals surface area contributed by atoms with E-state index in [9.17, 15) is 9.59 Å². The third kappa shape index (κ3) is 3.58. The molecule has 2 heterocycles. The topological polar surface area (TPSA) is 76.1 Å². The van der Waals surface area contributed by atoms with Gasteiger partial charge in [-0.2, -0.15) is 0 Å². The SMILES string of the molecule is CCc1cn(CCNC(C)C2CCCO2)c(=O)[nH]c1=O. The number of nitrogens with one attached hydrogen (secondary N) is 2. The second kappa shape index (κ2) is 6.85. The van der Waals surface area contributed by atoms with Crippen molar-refractivity contribution in [3.63, 3.8) is 0 Å². The van der Waals surface area contributed by atoms with E-state index in [2.05, 4.69) is 17.2 Å². The van der Waals surface area contributed by atoms with Crippen LogP contribution in [0.25, 0.3) is 0 Å². The third-order valence-corrected chi connectivity index (χ3v) is 3.81. The summed E-state index contributed by atoms with van der Waals surface area (Å²) in [6, 6.07) is 0.279. The number of rotatable bonds is 6. The molecule has 2 atom stereocenters. The van der Waals surface area contributed by atoms with Gasteiger partial charge in [-0.25, -0.2) is 4.79 Å². The zero-order valence-corrected chi connectivity index (χ0v) is 12.1. The van der Waals surface area contributed by atoms with Gasteiger partial charge < -0.3 is 10.1 Å². The van der Waals surface area contributed by atoms with E-state index in [-0.39, 0.29) is 23.4 Å². The molecular formula is C14H23N3O3. The quantitative estimate of drug-likeness (QED) is 0.784. The van der Waals surface area contributed by atoms with Gasteiger partial charge in [-0.15, -0.1) is 0 Å². The van der Waals surface area contributed by atoms with Crippen molar-refractivity contribution in [3.8, 4) is 0 Å². The fourth-order valence-electron chi connectivity index (χ4n) is 2.51. The lowest BCUT2D eigenvalue weighted by Gasteiger charge is -2.20. The summed E-state index contributed by atoms with van der Waals surface area (Å²) < 4.78 is 7.17. The largest absolute Gasteiger partial charge is 0.377 e. The molecule has 20 heavy (non-hydrogen) atoms. The van der Waals surface area contributed by atoms with Crippen LogP contribution < -0.4 is 16.6 Å². The molecule has 2 N–H and O–H groups in total. The Labute approximate surface area is 118 Å². The van der Waals surface area contributed by atoms with Crippen LogP contribution in [-0.2, 0) is 17.7 Å². The molecule has 0 amide bonds. The fourth-order valence-corrected chi connectivity index (χ4v) is 2.51. The molecule has 2 rings (SSSR count). The normalized spacial score (nSPS) is 20.2. The summed E-state index contributed by atoms with van der Waals surface area (Å²) in [5, 5.41) is 3.38. The van der Waals surface area contributed by atoms with Gasteiger partial charge in [0.05, 0.1) is 6.10 Å². The first-order valence-electron chi connectivity index (χ1n) is 7.29. The van der Waals surface area contributed by atoms with Crippen molar-refractivity contribution in [2.45, 2.75) is 51.8 Å². The van der Waals surface area contributed by atoms with E-state index in [4.69, 9.17) is 4.74 Å². The second-order valence-corrected chi connectivity index (χ2v) is 5.25. The molecule has 0 radical (unpaired) electrons. The van der Waals surface area contributed by atoms with Gasteiger partial charge >= 0.3 is 5.69 Å². The highest BCUT2D eigenvalue weighted by Gasteiger charge is 2.21. The number of aryl methyl sites for hydroxylation is 1. The van der Waals surface area contributed by atoms with Gasteiger partial charge in [-0.05, 0) is 26.2 Å². The zero-order chi connectivity index (χ0) is 14.5. The Kier molecular flexibility index (Phi) is 5.14. The minimum Gasteiger partial charge on any atom is -0.377 e. The second-order valence-electron chi connectivity index (χ2n) is 5.25. The minimum atomic E-state index is -0.348. The number of aromatic nitrogens is 2. The standard InChI is InChI=1S/C14H23N3O3/c1-3-11-9-17(14(19)16-13(11)18)7-6-15-10(2)12-5-4-8-20-12/h9-10,12,15H,3-8H2,1-2H3,(H,16,18,19). The van der Waals surface area contributed by atoms with Crippen molar-refractivity contribution in [3.05, 3.63) is 32.6 Å². The van der Waals surface area contributed by atoms with Crippen molar-refractivity contribution in [1.29, 1.82) is 0 Å². The molecule has 0 aliphatic carbocycles. The predicted octanol–water partition coefficient (Wildman–Crippen LogP) is 0.256. The Morgan fingerprint density at radius 2 is 2.35 bits per heavy atom. The Bertz CT molecular complexity index is 543. The summed E-state index contributed by atoms with van der Waals surface area (Å²) in [5.41, 5.74) is 0.00461. The van der Waals surface area contributed by atoms with Gasteiger partial charge in [0.15, 0.2) is 0 Å². The van der Waals surface area contributed by atoms with Gasteiger partial charge in [0, 0.05) is 37.5 Å². The molecule has 6 nitrogen and oxygen atoms in total. The van der Waals surface area contributed by atoms with Crippen LogP contribution in [0.2, 0.25) is 0 Å². The summed E-state index contributed by atoms with van der Waals surface area (Å²) in [5.74, 6) is 0. The average Bonchev–Trinajstić information content (AvgIpc) is 2.95. The van der Waals surface area contributed by atoms with E-state index in [0.717, 1.165) is 19.4 Å². The number of ether oxygens (including phenoxy) is 1. The van der Waals surface area contributed by atoms with E-state index < -0.39 is 0 Å². The van der Waals surface area contributed by atoms with Crippen molar-refractivity contribution >= 4 is 0 Å². The van der Waals surface area contributed by atoms with Gasteiger partial charge in [-0.1, -0.05) is 6.92 Å². The molecule has 1 aromatic heterocycles. The van der Waals surface area contributed by atoms with Crippen LogP contribution in [0.5, 0.6) is 0 Å². The van der Waals surface area contributed by atoms with Crippen LogP contribution in [0.15, 0.2) is 15.8 Å². The minimum absolute atomic E-state index is 0.272. The molecule has 0 bridgehead atoms. The molecule has 2 unspecified atom stereocenters. The molecule has 0 saturated carbocycles. The third-order valence-electron chi connectivity index (χ3n) is 3.81. The van der Waals surface area contributed by atoms with E-state index in [1.54, 1.807) is 10.8 Å². The number of aromatic amines is 1. The van der Waals surface area contributed by atoms with Gasteiger partial charge in [0.25, 0.3) is 5.56 Å². The highest BCUT2D eigenvalue weighted by Crippen LogP contribution is 2.15. The first kappa shape index (κ1) is 15.0. The van der Waals surface area contributed by atoms with Crippen molar-refractivity contribution in [2.75, 3.05) is 13.2 Å². The van der Waals surface area contributed by atoms with E-state index >= 15 is 0 Å². The van der Waals surface area contributed by atoms with Crippen LogP contribution in [0, 0.1) is 0 Å². The maximum atomic E-state index is 11.7. The Hall–Kier alpha value is -1.40. The van der Waals surface area contributed by atoms with E-state index in [0.29, 0.717) is 25.1 Å². The van der Waals surface area contributed by atoms with Crippen molar-refractivity contribution in [1.82, 2.24) is 14.9 Å². The smallest absolute Gasteiger partial charge is 0.328 e. The van der Waals surface area contributed by atoms with Crippen LogP contribution in [0.3, 0.4) is 0 Å². The summed E-state index contributed by atoms with van der Waals surface area (Å²) >= 11 is 0. The first-order chi connectivity index (χ1) is 9.61. The number of H-pyrrole nitrogens is 1. The monoisotopic (exact) mass is 281 g/mol. The molecule has 0 aromatic carbocycles. The van der Waals surface area contributed by atoms with Crippen molar-refractivity contribution in [2.24, 2.45) is 0 Å².